The molecule has 2 aromatic rings. The van der Waals surface area contributed by atoms with Gasteiger partial charge in [-0.15, -0.1) is 0 Å². The Morgan fingerprint density at radius 2 is 1.58 bits per heavy atom. The molecular formula is C35H41IN4O5. The van der Waals surface area contributed by atoms with Crippen molar-refractivity contribution in [1.29, 1.82) is 0 Å². The van der Waals surface area contributed by atoms with Gasteiger partial charge in [0.25, 0.3) is 0 Å². The minimum Gasteiger partial charge on any atom is -0.447 e. The lowest BCUT2D eigenvalue weighted by atomic mass is 9.87. The van der Waals surface area contributed by atoms with Gasteiger partial charge in [-0.1, -0.05) is 92.1 Å². The second-order valence-electron chi connectivity index (χ2n) is 12.4. The van der Waals surface area contributed by atoms with E-state index in [1.807, 2.05) is 77.7 Å². The average molecular weight is 725 g/mol. The van der Waals surface area contributed by atoms with E-state index in [1.165, 1.54) is 32.1 Å². The lowest BCUT2D eigenvalue weighted by Crippen LogP contribution is -2.74. The number of hydrogen-bond donors (Lipinski definition) is 0. The smallest absolute Gasteiger partial charge is 0.411 e. The van der Waals surface area contributed by atoms with Gasteiger partial charge in [-0.2, -0.15) is 0 Å². The Labute approximate surface area is 278 Å². The number of carbonyl (C=O) groups excluding carboxylic acids is 4. The molecule has 1 unspecified atom stereocenters. The van der Waals surface area contributed by atoms with Crippen LogP contribution in [0.25, 0.3) is 6.08 Å². The molecule has 0 bridgehead atoms. The molecule has 0 aromatic heterocycles. The molecule has 2 aromatic carbocycles. The van der Waals surface area contributed by atoms with Crippen LogP contribution in [0.4, 0.5) is 4.79 Å². The molecule has 238 valence electrons. The van der Waals surface area contributed by atoms with Crippen molar-refractivity contribution in [3.63, 3.8) is 0 Å². The quantitative estimate of drug-likeness (QED) is 0.194. The summed E-state index contributed by atoms with van der Waals surface area (Å²) in [6, 6.07) is 17.3. The van der Waals surface area contributed by atoms with E-state index in [0.29, 0.717) is 19.1 Å². The summed E-state index contributed by atoms with van der Waals surface area (Å²) >= 11 is 1.76. The van der Waals surface area contributed by atoms with Gasteiger partial charge in [0.1, 0.15) is 18.7 Å². The first-order chi connectivity index (χ1) is 21.9. The van der Waals surface area contributed by atoms with E-state index in [1.54, 1.807) is 32.4 Å². The molecule has 1 saturated carbocycles. The highest BCUT2D eigenvalue weighted by molar-refractivity contribution is 14.1. The molecule has 4 atom stereocenters. The first kappa shape index (κ1) is 31.7. The van der Waals surface area contributed by atoms with E-state index in [4.69, 9.17) is 4.74 Å². The summed E-state index contributed by atoms with van der Waals surface area (Å²) in [6.45, 7) is 3.00. The van der Waals surface area contributed by atoms with Crippen LogP contribution in [0.3, 0.4) is 0 Å². The summed E-state index contributed by atoms with van der Waals surface area (Å²) in [7, 11) is 0. The van der Waals surface area contributed by atoms with Gasteiger partial charge in [0.2, 0.25) is 11.8 Å². The van der Waals surface area contributed by atoms with E-state index >= 15 is 0 Å². The van der Waals surface area contributed by atoms with Gasteiger partial charge in [-0.05, 0) is 53.0 Å². The summed E-state index contributed by atoms with van der Waals surface area (Å²) in [5.41, 5.74) is 1.84. The van der Waals surface area contributed by atoms with Gasteiger partial charge in [0.05, 0.1) is 12.1 Å². The van der Waals surface area contributed by atoms with Crippen LogP contribution >= 0.6 is 22.6 Å². The standard InChI is InChI=1S/C35H41IN4O5/c36-31(41)19-18-29(33(42)38-22-20-37(21-23-38)27-14-8-3-9-15-27)39-28(17-16-25-10-4-1-5-11-25)32(34(39)43)40-30(24-45-35(40)44)26-12-6-2-7-13-26/h1-2,4-7,10-13,16-17,27-30,32H,3,8-9,14-15,18-24H2/b17-16+/t28-,29?,30-,32+/m1/s1. The van der Waals surface area contributed by atoms with Crippen molar-refractivity contribution in [1.82, 2.24) is 19.6 Å². The molecule has 0 radical (unpaired) electrons. The Kier molecular flexibility index (Phi) is 10.2. The maximum absolute atomic E-state index is 14.2. The Morgan fingerprint density at radius 1 is 0.911 bits per heavy atom. The number of piperazine rings is 1. The van der Waals surface area contributed by atoms with E-state index < -0.39 is 30.3 Å². The van der Waals surface area contributed by atoms with Gasteiger partial charge >= 0.3 is 6.09 Å². The molecule has 3 saturated heterocycles. The van der Waals surface area contributed by atoms with Gasteiger partial charge in [0, 0.05) is 38.6 Å². The molecule has 10 heteroatoms. The van der Waals surface area contributed by atoms with E-state index in [0.717, 1.165) is 24.2 Å². The monoisotopic (exact) mass is 724 g/mol. The molecule has 9 nitrogen and oxygen atoms in total. The van der Waals surface area contributed by atoms with E-state index in [9.17, 15) is 19.2 Å². The molecular weight excluding hydrogens is 683 g/mol. The lowest BCUT2D eigenvalue weighted by Gasteiger charge is -2.53. The third kappa shape index (κ3) is 6.96. The van der Waals surface area contributed by atoms with Gasteiger partial charge in [0.15, 0.2) is 3.79 Å². The summed E-state index contributed by atoms with van der Waals surface area (Å²) < 4.78 is 5.44. The highest BCUT2D eigenvalue weighted by Gasteiger charge is 2.58. The number of nitrogens with zero attached hydrogens (tertiary/aromatic N) is 4. The molecule has 3 amide bonds. The molecule has 45 heavy (non-hydrogen) atoms. The van der Waals surface area contributed by atoms with Crippen molar-refractivity contribution in [3.8, 4) is 0 Å². The minimum absolute atomic E-state index is 0.0549. The number of cyclic esters (lactones) is 1. The fraction of sp³-hybridized carbons (Fsp3) is 0.486. The highest BCUT2D eigenvalue weighted by Crippen LogP contribution is 2.39. The van der Waals surface area contributed by atoms with Crippen molar-refractivity contribution < 1.29 is 23.9 Å². The number of rotatable bonds is 10. The fourth-order valence-corrected chi connectivity index (χ4v) is 7.71. The second kappa shape index (κ2) is 14.5. The number of benzene rings is 2. The number of amides is 3. The fourth-order valence-electron chi connectivity index (χ4n) is 7.40. The third-order valence-electron chi connectivity index (χ3n) is 9.79. The maximum Gasteiger partial charge on any atom is 0.411 e. The van der Waals surface area contributed by atoms with Crippen molar-refractivity contribution in [2.45, 2.75) is 75.2 Å². The lowest BCUT2D eigenvalue weighted by molar-refractivity contribution is -0.166. The molecule has 3 heterocycles. The molecule has 3 aliphatic heterocycles. The van der Waals surface area contributed by atoms with E-state index in [-0.39, 0.29) is 35.1 Å². The van der Waals surface area contributed by atoms with Crippen LogP contribution < -0.4 is 0 Å². The molecule has 4 fully saturated rings. The first-order valence-electron chi connectivity index (χ1n) is 16.2. The number of hydrogen-bond acceptors (Lipinski definition) is 6. The van der Waals surface area contributed by atoms with Crippen LogP contribution in [-0.2, 0) is 19.1 Å². The Morgan fingerprint density at radius 3 is 2.24 bits per heavy atom. The number of β-lactam (4-membered cyclic amide) rings is 1. The maximum atomic E-state index is 14.2. The van der Waals surface area contributed by atoms with Crippen molar-refractivity contribution in [2.24, 2.45) is 0 Å². The van der Waals surface area contributed by atoms with Crippen LogP contribution in [0.5, 0.6) is 0 Å². The van der Waals surface area contributed by atoms with Crippen LogP contribution in [0.1, 0.15) is 62.1 Å². The molecule has 1 aliphatic carbocycles. The van der Waals surface area contributed by atoms with Gasteiger partial charge in [-0.25, -0.2) is 4.79 Å². The zero-order chi connectivity index (χ0) is 31.3. The summed E-state index contributed by atoms with van der Waals surface area (Å²) in [4.78, 5) is 61.3. The van der Waals surface area contributed by atoms with Crippen LogP contribution in [0.2, 0.25) is 0 Å². The summed E-state index contributed by atoms with van der Waals surface area (Å²) in [5, 5.41) is 0. The third-order valence-corrected chi connectivity index (χ3v) is 10.3. The number of carbonyl (C=O) groups is 4. The Balaban J connectivity index is 1.27. The van der Waals surface area contributed by atoms with Crippen LogP contribution in [0, 0.1) is 0 Å². The summed E-state index contributed by atoms with van der Waals surface area (Å²) in [5.74, 6) is -0.415. The topological polar surface area (TPSA) is 90.5 Å². The normalized spacial score (nSPS) is 25.4. The minimum atomic E-state index is -0.820. The second-order valence-corrected chi connectivity index (χ2v) is 13.6. The molecule has 6 rings (SSSR count). The predicted octanol–water partition coefficient (Wildman–Crippen LogP) is 5.06. The molecule has 4 aliphatic rings. The number of halogens is 1. The van der Waals surface area contributed by atoms with Gasteiger partial charge in [-0.3, -0.25) is 24.2 Å². The van der Waals surface area contributed by atoms with E-state index in [2.05, 4.69) is 4.90 Å². The molecule has 0 spiro atoms. The highest BCUT2D eigenvalue weighted by atomic mass is 127. The molecule has 0 N–H and O–H groups in total. The van der Waals surface area contributed by atoms with Crippen LogP contribution in [-0.4, -0.2) is 98.3 Å². The number of likely N-dealkylation sites (tertiary alicyclic amines) is 1. The zero-order valence-electron chi connectivity index (χ0n) is 25.5. The van der Waals surface area contributed by atoms with Gasteiger partial charge < -0.3 is 14.5 Å². The average Bonchev–Trinajstić information content (AvgIpc) is 3.45. The van der Waals surface area contributed by atoms with Crippen molar-refractivity contribution in [3.05, 3.63) is 77.9 Å². The SMILES string of the molecule is O=C(I)CCC(C(=O)N1CCN(C2CCCCC2)CC1)N1C(=O)[C@@H](N2C(=O)OC[C@@H]2c2ccccc2)[C@H]1/C=C/c1ccccc1. The Bertz CT molecular complexity index is 1390. The van der Waals surface area contributed by atoms with Crippen molar-refractivity contribution >= 4 is 50.4 Å². The predicted molar refractivity (Wildman–Crippen MR) is 179 cm³/mol. The first-order valence-corrected chi connectivity index (χ1v) is 17.3. The van der Waals surface area contributed by atoms with Crippen molar-refractivity contribution in [2.75, 3.05) is 32.8 Å². The Hall–Kier alpha value is -3.25. The van der Waals surface area contributed by atoms with Crippen LogP contribution in [0.15, 0.2) is 66.7 Å². The largest absolute Gasteiger partial charge is 0.447 e. The summed E-state index contributed by atoms with van der Waals surface area (Å²) in [6.07, 6.45) is 10.0. The zero-order valence-corrected chi connectivity index (χ0v) is 27.7. The number of ether oxygens (including phenoxy) is 1.